The summed E-state index contributed by atoms with van der Waals surface area (Å²) in [5.41, 5.74) is 7.36. The van der Waals surface area contributed by atoms with E-state index >= 15 is 0 Å². The number of fused-ring (bicyclic) bond motifs is 1. The summed E-state index contributed by atoms with van der Waals surface area (Å²) in [6, 6.07) is 27.1. The van der Waals surface area contributed by atoms with E-state index in [1.165, 1.54) is 16.7 Å². The number of anilines is 1. The Kier molecular flexibility index (Phi) is 10.8. The number of nitrogen functional groups attached to an aromatic ring is 1. The topological polar surface area (TPSA) is 150 Å². The number of rotatable bonds is 11. The first kappa shape index (κ1) is 37.8. The largest absolute Gasteiger partial charge is 0.477 e. The van der Waals surface area contributed by atoms with Crippen LogP contribution < -0.4 is 11.1 Å². The fourth-order valence-corrected chi connectivity index (χ4v) is 8.94. The van der Waals surface area contributed by atoms with Crippen LogP contribution in [0, 0.1) is 0 Å². The maximum Gasteiger partial charge on any atom is 0.401 e. The predicted molar refractivity (Wildman–Crippen MR) is 203 cm³/mol. The highest BCUT2D eigenvalue weighted by atomic mass is 32.2. The van der Waals surface area contributed by atoms with Crippen molar-refractivity contribution in [3.05, 3.63) is 142 Å². The van der Waals surface area contributed by atoms with Gasteiger partial charge in [0.15, 0.2) is 10.8 Å². The normalized spacial score (nSPS) is 20.2. The van der Waals surface area contributed by atoms with Gasteiger partial charge < -0.3 is 21.0 Å². The predicted octanol–water partition coefficient (Wildman–Crippen LogP) is 5.76. The molecule has 55 heavy (non-hydrogen) atoms. The zero-order valence-electron chi connectivity index (χ0n) is 29.1. The third-order valence-electron chi connectivity index (χ3n) is 9.46. The highest BCUT2D eigenvalue weighted by Crippen LogP contribution is 2.43. The van der Waals surface area contributed by atoms with Crippen molar-refractivity contribution in [2.75, 3.05) is 31.1 Å². The molecule has 3 aliphatic rings. The molecule has 7 rings (SSSR count). The number of oxime groups is 1. The Morgan fingerprint density at radius 3 is 2.13 bits per heavy atom. The van der Waals surface area contributed by atoms with E-state index in [0.29, 0.717) is 24.0 Å². The van der Waals surface area contributed by atoms with Gasteiger partial charge in [0.05, 0.1) is 6.54 Å². The molecule has 2 saturated heterocycles. The molecule has 4 N–H and O–H groups in total. The van der Waals surface area contributed by atoms with Crippen molar-refractivity contribution in [2.45, 2.75) is 36.0 Å². The summed E-state index contributed by atoms with van der Waals surface area (Å²) in [6.45, 7) is -0.740. The van der Waals surface area contributed by atoms with Gasteiger partial charge in [0.2, 0.25) is 5.60 Å². The smallest absolute Gasteiger partial charge is 0.401 e. The lowest BCUT2D eigenvalue weighted by Crippen LogP contribution is -2.71. The molecule has 11 nitrogen and oxygen atoms in total. The molecular weight excluding hydrogens is 754 g/mol. The number of amides is 2. The van der Waals surface area contributed by atoms with Gasteiger partial charge in [0.25, 0.3) is 11.8 Å². The number of nitrogens with zero attached hydrogens (tertiary/aromatic N) is 4. The second kappa shape index (κ2) is 15.7. The van der Waals surface area contributed by atoms with Gasteiger partial charge in [0, 0.05) is 34.4 Å². The Morgan fingerprint density at radius 1 is 1.00 bits per heavy atom. The van der Waals surface area contributed by atoms with Gasteiger partial charge in [0.1, 0.15) is 22.8 Å². The number of thiazole rings is 1. The molecule has 0 spiro atoms. The van der Waals surface area contributed by atoms with Crippen molar-refractivity contribution in [1.82, 2.24) is 20.1 Å². The highest BCUT2D eigenvalue weighted by Gasteiger charge is 2.54. The summed E-state index contributed by atoms with van der Waals surface area (Å²) in [5.74, 6) is -2.66. The number of carbonyl (C=O) groups is 3. The standard InChI is InChI=1S/C39H35F3N6O5S2/c40-38(41,42)23-47-18-10-11-24(20-47)19-25-21-54-35-31(34(50)48(35)32(25)36(51)52)45-33(49)30(29-22-55-37(43)44-29)46-53-39(26-12-4-1-5-13-26,27-14-6-2-7-15-27)28-16-8-3-9-17-28/h1-9,12-17,19,22,31,35H,10-11,18,20-21,23H2,(H2,43,44)(H,45,49)(H,51,52)/b24-19+,46-30-/t31-,35-/m1/s1. The Hall–Kier alpha value is -5.45. The quantitative estimate of drug-likeness (QED) is 0.0747. The monoisotopic (exact) mass is 788 g/mol. The highest BCUT2D eigenvalue weighted by molar-refractivity contribution is 8.00. The van der Waals surface area contributed by atoms with E-state index in [4.69, 9.17) is 10.6 Å². The molecule has 16 heteroatoms. The molecule has 1 aromatic heterocycles. The summed E-state index contributed by atoms with van der Waals surface area (Å²) in [7, 11) is 0. The SMILES string of the molecule is Nc1nc(/C(=N/OC(c2ccccc2)(c2ccccc2)c2ccccc2)C(=O)N[C@@H]2C(=O)N3C(C(=O)O)=C(/C=C4\CCCN(CC(F)(F)F)C4)CS[C@H]23)cs1. The first-order chi connectivity index (χ1) is 26.4. The number of hydrogen-bond acceptors (Lipinski definition) is 10. The van der Waals surface area contributed by atoms with Crippen LogP contribution in [0.25, 0.3) is 0 Å². The number of benzene rings is 3. The van der Waals surface area contributed by atoms with E-state index < -0.39 is 47.5 Å². The molecule has 2 atom stereocenters. The van der Waals surface area contributed by atoms with Gasteiger partial charge in [-0.25, -0.2) is 9.78 Å². The van der Waals surface area contributed by atoms with Crippen LogP contribution >= 0.6 is 23.1 Å². The number of piperidine rings is 1. The number of thioether (sulfide) groups is 1. The summed E-state index contributed by atoms with van der Waals surface area (Å²) >= 11 is 2.33. The minimum absolute atomic E-state index is 0.0437. The van der Waals surface area contributed by atoms with Gasteiger partial charge in [-0.2, -0.15) is 13.2 Å². The number of halogens is 3. The lowest BCUT2D eigenvalue weighted by Gasteiger charge is -2.49. The third-order valence-corrected chi connectivity index (χ3v) is 11.4. The molecule has 2 fully saturated rings. The van der Waals surface area contributed by atoms with Gasteiger partial charge in [-0.05, 0) is 25.0 Å². The summed E-state index contributed by atoms with van der Waals surface area (Å²) in [5, 5.41) is 18.4. The van der Waals surface area contributed by atoms with E-state index in [1.54, 1.807) is 11.5 Å². The Morgan fingerprint density at radius 2 is 1.60 bits per heavy atom. The molecule has 0 aliphatic carbocycles. The molecule has 0 saturated carbocycles. The number of nitrogens with two attached hydrogens (primary N) is 1. The summed E-state index contributed by atoms with van der Waals surface area (Å²) < 4.78 is 39.2. The number of alkyl halides is 3. The van der Waals surface area contributed by atoms with Crippen LogP contribution in [0.15, 0.2) is 124 Å². The molecule has 0 unspecified atom stereocenters. The van der Waals surface area contributed by atoms with Crippen molar-refractivity contribution in [1.29, 1.82) is 0 Å². The molecule has 2 amide bonds. The lowest BCUT2D eigenvalue weighted by molar-refractivity contribution is -0.150. The molecular formula is C39H35F3N6O5S2. The van der Waals surface area contributed by atoms with Gasteiger partial charge in [-0.3, -0.25) is 19.4 Å². The van der Waals surface area contributed by atoms with Crippen LogP contribution in [0.5, 0.6) is 0 Å². The fraction of sp³-hybridized carbons (Fsp3) is 0.256. The van der Waals surface area contributed by atoms with Crippen LogP contribution in [0.4, 0.5) is 18.3 Å². The van der Waals surface area contributed by atoms with E-state index in [9.17, 15) is 32.7 Å². The Labute approximate surface area is 322 Å². The molecule has 3 aromatic carbocycles. The summed E-state index contributed by atoms with van der Waals surface area (Å²) in [6.07, 6.45) is -1.76. The number of β-lactam (4-membered cyclic amide) rings is 1. The average molecular weight is 789 g/mol. The minimum Gasteiger partial charge on any atom is -0.477 e. The maximum absolute atomic E-state index is 14.2. The molecule has 3 aliphatic heterocycles. The number of aromatic nitrogens is 1. The lowest BCUT2D eigenvalue weighted by atomic mass is 9.80. The van der Waals surface area contributed by atoms with Crippen molar-refractivity contribution in [3.63, 3.8) is 0 Å². The van der Waals surface area contributed by atoms with Gasteiger partial charge in [-0.15, -0.1) is 23.1 Å². The van der Waals surface area contributed by atoms with Crippen LogP contribution in [0.1, 0.15) is 35.2 Å². The van der Waals surface area contributed by atoms with E-state index in [1.807, 2.05) is 91.0 Å². The zero-order valence-corrected chi connectivity index (χ0v) is 30.7. The first-order valence-electron chi connectivity index (χ1n) is 17.3. The van der Waals surface area contributed by atoms with Crippen LogP contribution in [-0.2, 0) is 24.8 Å². The van der Waals surface area contributed by atoms with Gasteiger partial charge in [-0.1, -0.05) is 108 Å². The first-order valence-corrected chi connectivity index (χ1v) is 19.2. The minimum atomic E-state index is -4.36. The fourth-order valence-electron chi connectivity index (χ4n) is 7.08. The van der Waals surface area contributed by atoms with E-state index in [-0.39, 0.29) is 41.1 Å². The van der Waals surface area contributed by atoms with Crippen molar-refractivity contribution in [2.24, 2.45) is 5.16 Å². The number of carbonyl (C=O) groups excluding carboxylic acids is 2. The van der Waals surface area contributed by atoms with Crippen LogP contribution in [-0.4, -0.2) is 86.4 Å². The van der Waals surface area contributed by atoms with E-state index in [2.05, 4.69) is 15.5 Å². The van der Waals surface area contributed by atoms with Crippen LogP contribution in [0.2, 0.25) is 0 Å². The molecule has 284 valence electrons. The van der Waals surface area contributed by atoms with Crippen LogP contribution in [0.3, 0.4) is 0 Å². The van der Waals surface area contributed by atoms with Crippen molar-refractivity contribution >= 4 is 51.7 Å². The number of hydrogen-bond donors (Lipinski definition) is 3. The second-order valence-corrected chi connectivity index (χ2v) is 15.1. The Balaban J connectivity index is 1.19. The number of nitrogens with one attached hydrogen (secondary N) is 1. The zero-order chi connectivity index (χ0) is 38.7. The number of aliphatic carboxylic acids is 1. The van der Waals surface area contributed by atoms with E-state index in [0.717, 1.165) is 32.9 Å². The van der Waals surface area contributed by atoms with Crippen molar-refractivity contribution < 1.29 is 37.5 Å². The number of carboxylic acids is 1. The third kappa shape index (κ3) is 7.88. The number of carboxylic acid groups (broad SMARTS) is 1. The second-order valence-electron chi connectivity index (χ2n) is 13.2. The van der Waals surface area contributed by atoms with Gasteiger partial charge >= 0.3 is 12.1 Å². The number of allylic oxidation sites excluding steroid dienone is 1. The molecule has 0 bridgehead atoms. The molecule has 4 heterocycles. The molecule has 0 radical (unpaired) electrons. The molecule has 4 aromatic rings. The number of likely N-dealkylation sites (tertiary alicyclic amines) is 1. The summed E-state index contributed by atoms with van der Waals surface area (Å²) in [4.78, 5) is 53.6. The average Bonchev–Trinajstić information content (AvgIpc) is 3.61. The van der Waals surface area contributed by atoms with Crippen molar-refractivity contribution in [3.8, 4) is 0 Å². The Bertz CT molecular complexity index is 2070. The maximum atomic E-state index is 14.2.